The van der Waals surface area contributed by atoms with Crippen molar-refractivity contribution in [2.75, 3.05) is 5.32 Å². The van der Waals surface area contributed by atoms with Crippen molar-refractivity contribution < 1.29 is 14.7 Å². The number of phenols is 1. The van der Waals surface area contributed by atoms with Gasteiger partial charge >= 0.3 is 0 Å². The third kappa shape index (κ3) is 3.09. The van der Waals surface area contributed by atoms with E-state index >= 15 is 0 Å². The third-order valence-corrected chi connectivity index (χ3v) is 4.23. The highest BCUT2D eigenvalue weighted by atomic mass is 35.5. The molecule has 2 aromatic rings. The van der Waals surface area contributed by atoms with E-state index in [-0.39, 0.29) is 23.0 Å². The zero-order chi connectivity index (χ0) is 17.3. The van der Waals surface area contributed by atoms with E-state index in [4.69, 9.17) is 23.2 Å². The zero-order valence-electron chi connectivity index (χ0n) is 12.3. The lowest BCUT2D eigenvalue weighted by Crippen LogP contribution is -2.31. The van der Waals surface area contributed by atoms with E-state index < -0.39 is 11.8 Å². The number of anilines is 1. The molecule has 5 nitrogen and oxygen atoms in total. The molecule has 24 heavy (non-hydrogen) atoms. The highest BCUT2D eigenvalue weighted by molar-refractivity contribution is 6.48. The van der Waals surface area contributed by atoms with E-state index in [0.29, 0.717) is 16.3 Å². The number of rotatable bonds is 4. The lowest BCUT2D eigenvalue weighted by atomic mass is 10.2. The average Bonchev–Trinajstić information content (AvgIpc) is 2.75. The molecule has 2 amide bonds. The number of imide groups is 1. The minimum absolute atomic E-state index is 0.0266. The number of carbonyl (C=O) groups is 2. The maximum absolute atomic E-state index is 12.5. The van der Waals surface area contributed by atoms with Gasteiger partial charge in [-0.05, 0) is 23.8 Å². The predicted molar refractivity (Wildman–Crippen MR) is 91.6 cm³/mol. The van der Waals surface area contributed by atoms with Crippen LogP contribution < -0.4 is 5.32 Å². The largest absolute Gasteiger partial charge is 0.508 e. The molecule has 3 rings (SSSR count). The maximum atomic E-state index is 12.5. The molecule has 0 aliphatic carbocycles. The monoisotopic (exact) mass is 362 g/mol. The zero-order valence-corrected chi connectivity index (χ0v) is 13.8. The van der Waals surface area contributed by atoms with Gasteiger partial charge in [0, 0.05) is 16.8 Å². The lowest BCUT2D eigenvalue weighted by molar-refractivity contribution is -0.138. The summed E-state index contributed by atoms with van der Waals surface area (Å²) in [5.74, 6) is -1.11. The molecule has 0 radical (unpaired) electrons. The van der Waals surface area contributed by atoms with Crippen LogP contribution >= 0.6 is 23.2 Å². The second kappa shape index (κ2) is 6.55. The number of carbonyl (C=O) groups excluding carboxylic acids is 2. The quantitative estimate of drug-likeness (QED) is 0.817. The van der Waals surface area contributed by atoms with Crippen LogP contribution in [0.15, 0.2) is 59.3 Å². The van der Waals surface area contributed by atoms with Crippen molar-refractivity contribution >= 4 is 40.7 Å². The summed E-state index contributed by atoms with van der Waals surface area (Å²) in [4.78, 5) is 25.8. The Morgan fingerprint density at radius 1 is 1.00 bits per heavy atom. The molecule has 2 N–H and O–H groups in total. The van der Waals surface area contributed by atoms with Gasteiger partial charge in [0.1, 0.15) is 16.5 Å². The Bertz CT molecular complexity index is 864. The highest BCUT2D eigenvalue weighted by Crippen LogP contribution is 2.29. The number of nitrogens with zero attached hydrogens (tertiary/aromatic N) is 1. The molecular formula is C17H12Cl2N2O3. The normalized spacial score (nSPS) is 14.5. The van der Waals surface area contributed by atoms with E-state index in [1.165, 1.54) is 12.1 Å². The Morgan fingerprint density at radius 2 is 1.75 bits per heavy atom. The predicted octanol–water partition coefficient (Wildman–Crippen LogP) is 3.48. The summed E-state index contributed by atoms with van der Waals surface area (Å²) >= 11 is 12.1. The van der Waals surface area contributed by atoms with Crippen LogP contribution in [0.1, 0.15) is 5.56 Å². The number of aromatic hydroxyl groups is 1. The van der Waals surface area contributed by atoms with E-state index in [1.807, 2.05) is 0 Å². The van der Waals surface area contributed by atoms with Crippen molar-refractivity contribution in [3.63, 3.8) is 0 Å². The number of benzene rings is 2. The Morgan fingerprint density at radius 3 is 2.46 bits per heavy atom. The molecule has 2 aromatic carbocycles. The smallest absolute Gasteiger partial charge is 0.279 e. The van der Waals surface area contributed by atoms with Crippen molar-refractivity contribution in [3.8, 4) is 5.75 Å². The maximum Gasteiger partial charge on any atom is 0.279 e. The number of phenolic OH excluding ortho intramolecular Hbond substituents is 1. The third-order valence-electron chi connectivity index (χ3n) is 3.51. The van der Waals surface area contributed by atoms with Gasteiger partial charge in [0.05, 0.1) is 6.54 Å². The molecule has 1 aliphatic rings. The molecule has 0 bridgehead atoms. The molecule has 0 aromatic heterocycles. The summed E-state index contributed by atoms with van der Waals surface area (Å²) in [6, 6.07) is 13.1. The average molecular weight is 363 g/mol. The van der Waals surface area contributed by atoms with Gasteiger partial charge in [0.15, 0.2) is 0 Å². The van der Waals surface area contributed by atoms with E-state index in [1.54, 1.807) is 36.4 Å². The number of amides is 2. The first-order valence-electron chi connectivity index (χ1n) is 7.03. The Balaban J connectivity index is 1.84. The molecule has 122 valence electrons. The van der Waals surface area contributed by atoms with E-state index in [9.17, 15) is 14.7 Å². The van der Waals surface area contributed by atoms with Gasteiger partial charge in [-0.2, -0.15) is 0 Å². The molecule has 0 unspecified atom stereocenters. The van der Waals surface area contributed by atoms with Gasteiger partial charge in [-0.3, -0.25) is 14.5 Å². The minimum atomic E-state index is -0.593. The molecule has 0 saturated heterocycles. The van der Waals surface area contributed by atoms with E-state index in [0.717, 1.165) is 4.90 Å². The van der Waals surface area contributed by atoms with Crippen molar-refractivity contribution in [2.24, 2.45) is 0 Å². The van der Waals surface area contributed by atoms with Gasteiger partial charge in [0.2, 0.25) is 0 Å². The molecule has 0 fully saturated rings. The van der Waals surface area contributed by atoms with Crippen molar-refractivity contribution in [1.29, 1.82) is 0 Å². The number of hydrogen-bond acceptors (Lipinski definition) is 4. The molecule has 1 heterocycles. The minimum Gasteiger partial charge on any atom is -0.508 e. The molecule has 7 heteroatoms. The first-order chi connectivity index (χ1) is 11.5. The summed E-state index contributed by atoms with van der Waals surface area (Å²) in [5, 5.41) is 12.5. The van der Waals surface area contributed by atoms with Gasteiger partial charge in [0.25, 0.3) is 11.8 Å². The van der Waals surface area contributed by atoms with Crippen LogP contribution in [0.2, 0.25) is 5.02 Å². The number of nitrogens with one attached hydrogen (secondary N) is 1. The summed E-state index contributed by atoms with van der Waals surface area (Å²) in [7, 11) is 0. The van der Waals surface area contributed by atoms with Crippen molar-refractivity contribution in [1.82, 2.24) is 4.90 Å². The van der Waals surface area contributed by atoms with Crippen LogP contribution in [-0.2, 0) is 16.1 Å². The van der Waals surface area contributed by atoms with Crippen LogP contribution in [0.25, 0.3) is 0 Å². The Hall–Kier alpha value is -2.50. The molecular weight excluding hydrogens is 351 g/mol. The lowest BCUT2D eigenvalue weighted by Gasteiger charge is -2.16. The van der Waals surface area contributed by atoms with Crippen LogP contribution in [0.3, 0.4) is 0 Å². The van der Waals surface area contributed by atoms with Gasteiger partial charge < -0.3 is 10.4 Å². The molecule has 1 aliphatic heterocycles. The SMILES string of the molecule is O=C1C(Cl)=C(Nc2cccc(O)c2)C(=O)N1Cc1ccccc1Cl. The summed E-state index contributed by atoms with van der Waals surface area (Å²) in [5.41, 5.74) is 1.06. The number of hydrogen-bond donors (Lipinski definition) is 2. The standard InChI is InChI=1S/C17H12Cl2N2O3/c18-13-7-2-1-4-10(13)9-21-16(23)14(19)15(17(21)24)20-11-5-3-6-12(22)8-11/h1-8,20,22H,9H2. The van der Waals surface area contributed by atoms with Crippen LogP contribution in [0, 0.1) is 0 Å². The Kier molecular flexibility index (Phi) is 4.46. The van der Waals surface area contributed by atoms with Gasteiger partial charge in [-0.1, -0.05) is 47.5 Å². The second-order valence-corrected chi connectivity index (χ2v) is 5.94. The summed E-state index contributed by atoms with van der Waals surface area (Å²) < 4.78 is 0. The highest BCUT2D eigenvalue weighted by Gasteiger charge is 2.38. The molecule has 0 saturated carbocycles. The fourth-order valence-corrected chi connectivity index (χ4v) is 2.75. The van der Waals surface area contributed by atoms with Crippen LogP contribution in [0.4, 0.5) is 5.69 Å². The van der Waals surface area contributed by atoms with Crippen molar-refractivity contribution in [2.45, 2.75) is 6.54 Å². The van der Waals surface area contributed by atoms with Crippen LogP contribution in [0.5, 0.6) is 5.75 Å². The molecule has 0 spiro atoms. The second-order valence-electron chi connectivity index (χ2n) is 5.15. The first-order valence-corrected chi connectivity index (χ1v) is 7.78. The van der Waals surface area contributed by atoms with Crippen LogP contribution in [-0.4, -0.2) is 21.8 Å². The summed E-state index contributed by atoms with van der Waals surface area (Å²) in [6.07, 6.45) is 0. The first kappa shape index (κ1) is 16.4. The van der Waals surface area contributed by atoms with Gasteiger partial charge in [-0.15, -0.1) is 0 Å². The van der Waals surface area contributed by atoms with E-state index in [2.05, 4.69) is 5.32 Å². The fourth-order valence-electron chi connectivity index (χ4n) is 2.32. The van der Waals surface area contributed by atoms with Crippen molar-refractivity contribution in [3.05, 3.63) is 69.8 Å². The van der Waals surface area contributed by atoms with Gasteiger partial charge in [-0.25, -0.2) is 0 Å². The molecule has 0 atom stereocenters. The Labute approximate surface area is 148 Å². The number of halogens is 2. The summed E-state index contributed by atoms with van der Waals surface area (Å²) in [6.45, 7) is 0.0266. The fraction of sp³-hybridized carbons (Fsp3) is 0.0588. The topological polar surface area (TPSA) is 69.6 Å².